The highest BCUT2D eigenvalue weighted by Gasteiger charge is 2.35. The minimum absolute atomic E-state index is 0.0578. The Kier molecular flexibility index (Phi) is 11.2. The Hall–Kier alpha value is -3.46. The van der Waals surface area contributed by atoms with E-state index in [1.807, 2.05) is 70.2 Å². The summed E-state index contributed by atoms with van der Waals surface area (Å²) in [7, 11) is 0. The van der Waals surface area contributed by atoms with E-state index in [0.717, 1.165) is 5.56 Å². The molecule has 0 radical (unpaired) electrons. The van der Waals surface area contributed by atoms with Gasteiger partial charge in [-0.2, -0.15) is 0 Å². The van der Waals surface area contributed by atoms with E-state index >= 15 is 0 Å². The molecule has 35 heavy (non-hydrogen) atoms. The van der Waals surface area contributed by atoms with Crippen LogP contribution in [0, 0.1) is 23.7 Å². The molecule has 1 aromatic heterocycles. The Morgan fingerprint density at radius 3 is 2.34 bits per heavy atom. The van der Waals surface area contributed by atoms with Crippen LogP contribution in [0.25, 0.3) is 6.08 Å². The van der Waals surface area contributed by atoms with E-state index < -0.39 is 23.7 Å². The lowest BCUT2D eigenvalue weighted by Gasteiger charge is -2.30. The molecule has 1 heterocycles. The number of rotatable bonds is 12. The van der Waals surface area contributed by atoms with E-state index in [4.69, 9.17) is 0 Å². The maximum Gasteiger partial charge on any atom is 0.247 e. The number of amides is 3. The Balaban J connectivity index is 2.23. The summed E-state index contributed by atoms with van der Waals surface area (Å²) >= 11 is 0. The Bertz CT molecular complexity index is 957. The number of hydrogen-bond donors (Lipinski definition) is 4. The van der Waals surface area contributed by atoms with E-state index in [1.165, 1.54) is 11.3 Å². The number of hydrazine groups is 1. The zero-order valence-electron chi connectivity index (χ0n) is 20.9. The summed E-state index contributed by atoms with van der Waals surface area (Å²) in [5, 5.41) is 10.7. The molecule has 0 aliphatic carbocycles. The van der Waals surface area contributed by atoms with Crippen LogP contribution in [-0.2, 0) is 20.8 Å². The van der Waals surface area contributed by atoms with Crippen molar-refractivity contribution >= 4 is 23.8 Å². The highest BCUT2D eigenvalue weighted by atomic mass is 16.5. The molecule has 0 aliphatic rings. The quantitative estimate of drug-likeness (QED) is 0.272. The number of carbonyl (C=O) groups excluding carboxylic acids is 3. The van der Waals surface area contributed by atoms with Gasteiger partial charge in [0.25, 0.3) is 0 Å². The van der Waals surface area contributed by atoms with Crippen molar-refractivity contribution < 1.29 is 19.6 Å². The summed E-state index contributed by atoms with van der Waals surface area (Å²) in [5.74, 6) is -2.70. The number of nitrogens with one attached hydrogen (secondary N) is 3. The molecule has 2 rings (SSSR count). The molecule has 3 amide bonds. The van der Waals surface area contributed by atoms with Gasteiger partial charge in [0.2, 0.25) is 17.7 Å². The molecule has 0 fully saturated rings. The molecular formula is C26H37N5O4. The van der Waals surface area contributed by atoms with Crippen molar-refractivity contribution in [1.82, 2.24) is 25.9 Å². The number of hydrogen-bond acceptors (Lipinski definition) is 5. The average molecular weight is 484 g/mol. The number of nitrogens with zero attached hydrogens (tertiary/aromatic N) is 2. The van der Waals surface area contributed by atoms with Crippen molar-refractivity contribution in [2.24, 2.45) is 23.7 Å². The van der Waals surface area contributed by atoms with E-state index in [2.05, 4.69) is 15.4 Å². The summed E-state index contributed by atoms with van der Waals surface area (Å²) in [6, 6.07) is 9.61. The topological polar surface area (TPSA) is 127 Å². The molecule has 0 unspecified atom stereocenters. The van der Waals surface area contributed by atoms with Crippen LogP contribution in [0.3, 0.4) is 0 Å². The summed E-state index contributed by atoms with van der Waals surface area (Å²) in [4.78, 5) is 45.9. The minimum atomic E-state index is -0.814. The second kappa shape index (κ2) is 14.1. The predicted molar refractivity (Wildman–Crippen MR) is 133 cm³/mol. The Labute approximate surface area is 206 Å². The van der Waals surface area contributed by atoms with Crippen molar-refractivity contribution in [3.63, 3.8) is 0 Å². The maximum absolute atomic E-state index is 13.5. The molecule has 4 N–H and O–H groups in total. The first-order valence-electron chi connectivity index (χ1n) is 11.9. The van der Waals surface area contributed by atoms with Crippen LogP contribution in [0.4, 0.5) is 0 Å². The van der Waals surface area contributed by atoms with E-state index in [-0.39, 0.29) is 30.6 Å². The van der Waals surface area contributed by atoms with Crippen molar-refractivity contribution in [3.05, 3.63) is 60.2 Å². The minimum Gasteiger partial charge on any atom is -0.348 e. The lowest BCUT2D eigenvalue weighted by molar-refractivity contribution is -0.147. The molecule has 2 aromatic rings. The van der Waals surface area contributed by atoms with Gasteiger partial charge in [-0.05, 0) is 30.2 Å². The van der Waals surface area contributed by atoms with E-state index in [9.17, 15) is 19.6 Å². The first-order valence-corrected chi connectivity index (χ1v) is 11.9. The first kappa shape index (κ1) is 27.8. The van der Waals surface area contributed by atoms with Gasteiger partial charge in [0.15, 0.2) is 0 Å². The molecule has 9 nitrogen and oxygen atoms in total. The molecular weight excluding hydrogens is 446 g/mol. The fraction of sp³-hybridized carbons (Fsp3) is 0.462. The number of aromatic nitrogens is 2. The van der Waals surface area contributed by atoms with Crippen LogP contribution in [0.5, 0.6) is 0 Å². The van der Waals surface area contributed by atoms with Crippen LogP contribution >= 0.6 is 0 Å². The third-order valence-electron chi connectivity index (χ3n) is 5.49. The molecule has 9 heteroatoms. The smallest absolute Gasteiger partial charge is 0.247 e. The highest BCUT2D eigenvalue weighted by molar-refractivity contribution is 5.89. The number of imidazole rings is 1. The third-order valence-corrected chi connectivity index (χ3v) is 5.49. The molecule has 0 bridgehead atoms. The predicted octanol–water partition coefficient (Wildman–Crippen LogP) is 3.36. The molecule has 2 atom stereocenters. The summed E-state index contributed by atoms with van der Waals surface area (Å²) in [6.07, 6.45) is 7.48. The third kappa shape index (κ3) is 9.36. The van der Waals surface area contributed by atoms with Gasteiger partial charge in [-0.15, -0.1) is 0 Å². The summed E-state index contributed by atoms with van der Waals surface area (Å²) < 4.78 is 0. The van der Waals surface area contributed by atoms with E-state index in [1.54, 1.807) is 11.7 Å². The fourth-order valence-corrected chi connectivity index (χ4v) is 3.84. The molecule has 0 spiro atoms. The number of allylic oxidation sites excluding steroid dienone is 1. The van der Waals surface area contributed by atoms with Gasteiger partial charge in [-0.25, -0.2) is 10.5 Å². The SMILES string of the molecule is CC(C)C[C@@H](C(=O)NN(CC(C)C)C(=O)Cc1cnc[nH]1)[C@H](C/C=C/c1ccccc1)C(=O)NO. The second-order valence-corrected chi connectivity index (χ2v) is 9.50. The first-order chi connectivity index (χ1) is 16.7. The molecule has 1 aromatic carbocycles. The molecule has 0 saturated carbocycles. The highest BCUT2D eigenvalue weighted by Crippen LogP contribution is 2.25. The lowest BCUT2D eigenvalue weighted by Crippen LogP contribution is -2.52. The van der Waals surface area contributed by atoms with Crippen molar-refractivity contribution in [1.29, 1.82) is 0 Å². The Morgan fingerprint density at radius 2 is 1.77 bits per heavy atom. The number of hydroxylamine groups is 1. The number of carbonyl (C=O) groups is 3. The van der Waals surface area contributed by atoms with Gasteiger partial charge >= 0.3 is 0 Å². The van der Waals surface area contributed by atoms with Gasteiger partial charge in [-0.1, -0.05) is 70.2 Å². The van der Waals surface area contributed by atoms with Gasteiger partial charge in [0.05, 0.1) is 24.6 Å². The lowest BCUT2D eigenvalue weighted by atomic mass is 9.82. The van der Waals surface area contributed by atoms with Gasteiger partial charge in [0.1, 0.15) is 0 Å². The van der Waals surface area contributed by atoms with Crippen molar-refractivity contribution in [3.8, 4) is 0 Å². The average Bonchev–Trinajstić information content (AvgIpc) is 3.33. The van der Waals surface area contributed by atoms with Gasteiger partial charge in [-0.3, -0.25) is 30.0 Å². The number of H-pyrrole nitrogens is 1. The number of aromatic amines is 1. The largest absolute Gasteiger partial charge is 0.348 e. The van der Waals surface area contributed by atoms with Crippen LogP contribution in [0.2, 0.25) is 0 Å². The number of benzene rings is 1. The summed E-state index contributed by atoms with van der Waals surface area (Å²) in [5.41, 5.74) is 6.08. The van der Waals surface area contributed by atoms with Gasteiger partial charge in [0, 0.05) is 18.4 Å². The van der Waals surface area contributed by atoms with Crippen LogP contribution in [0.1, 0.15) is 51.8 Å². The maximum atomic E-state index is 13.5. The van der Waals surface area contributed by atoms with Crippen molar-refractivity contribution in [2.75, 3.05) is 6.54 Å². The normalized spacial score (nSPS) is 13.1. The van der Waals surface area contributed by atoms with Crippen LogP contribution in [0.15, 0.2) is 48.9 Å². The van der Waals surface area contributed by atoms with E-state index in [0.29, 0.717) is 18.7 Å². The second-order valence-electron chi connectivity index (χ2n) is 9.50. The van der Waals surface area contributed by atoms with Crippen LogP contribution in [-0.4, -0.2) is 44.5 Å². The standard InChI is InChI=1S/C26H37N5O4/c1-18(2)13-23(22(26(34)30-35)12-8-11-20-9-6-5-7-10-20)25(33)29-31(16-19(3)4)24(32)14-21-15-27-17-28-21/h5-11,15,17-19,22-23,35H,12-14,16H2,1-4H3,(H,27,28)(H,29,33)(H,30,34)/b11-8+/t22-,23+/m0/s1. The molecule has 190 valence electrons. The fourth-order valence-electron chi connectivity index (χ4n) is 3.84. The summed E-state index contributed by atoms with van der Waals surface area (Å²) in [6.45, 7) is 8.14. The van der Waals surface area contributed by atoms with Crippen LogP contribution < -0.4 is 10.9 Å². The zero-order chi connectivity index (χ0) is 25.8. The van der Waals surface area contributed by atoms with Gasteiger partial charge < -0.3 is 4.98 Å². The monoisotopic (exact) mass is 483 g/mol. The molecule has 0 saturated heterocycles. The Morgan fingerprint density at radius 1 is 1.06 bits per heavy atom. The molecule has 0 aliphatic heterocycles. The van der Waals surface area contributed by atoms with Crippen molar-refractivity contribution in [2.45, 2.75) is 47.0 Å². The zero-order valence-corrected chi connectivity index (χ0v) is 20.9.